The van der Waals surface area contributed by atoms with E-state index in [-0.39, 0.29) is 6.04 Å². The number of rotatable bonds is 3. The van der Waals surface area contributed by atoms with Crippen LogP contribution in [-0.2, 0) is 4.79 Å². The number of likely N-dealkylation sites (tertiary alicyclic amines) is 2. The van der Waals surface area contributed by atoms with Crippen molar-refractivity contribution in [3.63, 3.8) is 0 Å². The lowest BCUT2D eigenvalue weighted by atomic mass is 10.1. The molecule has 0 amide bonds. The number of carboxylic acids is 1. The molecule has 3 aliphatic rings. The van der Waals surface area contributed by atoms with E-state index in [4.69, 9.17) is 0 Å². The molecular formula is C12H20N2O2. The summed E-state index contributed by atoms with van der Waals surface area (Å²) in [6, 6.07) is 1.13. The molecule has 2 atom stereocenters. The lowest BCUT2D eigenvalue weighted by Crippen LogP contribution is -2.44. The van der Waals surface area contributed by atoms with Gasteiger partial charge in [-0.15, -0.1) is 0 Å². The van der Waals surface area contributed by atoms with Crippen molar-refractivity contribution in [1.82, 2.24) is 9.80 Å². The molecule has 2 unspecified atom stereocenters. The topological polar surface area (TPSA) is 43.8 Å². The molecule has 0 aromatic carbocycles. The maximum Gasteiger partial charge on any atom is 0.320 e. The number of carboxylic acid groups (broad SMARTS) is 1. The summed E-state index contributed by atoms with van der Waals surface area (Å²) in [6.45, 7) is 3.27. The second-order valence-electron chi connectivity index (χ2n) is 5.40. The highest BCUT2D eigenvalue weighted by Gasteiger charge is 2.41. The van der Waals surface area contributed by atoms with E-state index in [1.165, 1.54) is 25.8 Å². The minimum Gasteiger partial charge on any atom is -0.480 e. The molecule has 2 aliphatic heterocycles. The average molecular weight is 224 g/mol. The summed E-state index contributed by atoms with van der Waals surface area (Å²) in [5, 5.41) is 9.18. The molecule has 16 heavy (non-hydrogen) atoms. The van der Waals surface area contributed by atoms with Crippen LogP contribution in [0.15, 0.2) is 0 Å². The smallest absolute Gasteiger partial charge is 0.320 e. The van der Waals surface area contributed by atoms with Crippen LogP contribution in [0.25, 0.3) is 0 Å². The van der Waals surface area contributed by atoms with Crippen LogP contribution in [0.5, 0.6) is 0 Å². The fraction of sp³-hybridized carbons (Fsp3) is 0.917. The van der Waals surface area contributed by atoms with Gasteiger partial charge < -0.3 is 5.11 Å². The fourth-order valence-corrected chi connectivity index (χ4v) is 3.30. The summed E-state index contributed by atoms with van der Waals surface area (Å²) < 4.78 is 0. The highest BCUT2D eigenvalue weighted by molar-refractivity contribution is 5.73. The van der Waals surface area contributed by atoms with E-state index < -0.39 is 5.97 Å². The highest BCUT2D eigenvalue weighted by atomic mass is 16.4. The van der Waals surface area contributed by atoms with Crippen LogP contribution >= 0.6 is 0 Å². The zero-order valence-corrected chi connectivity index (χ0v) is 9.64. The lowest BCUT2D eigenvalue weighted by molar-refractivity contribution is -0.142. The molecule has 1 aliphatic carbocycles. The first-order chi connectivity index (χ1) is 7.75. The normalized spacial score (nSPS) is 37.0. The van der Waals surface area contributed by atoms with Crippen LogP contribution in [0, 0.1) is 0 Å². The number of nitrogens with zero attached hydrogens (tertiary/aromatic N) is 2. The first-order valence-electron chi connectivity index (χ1n) is 6.48. The Labute approximate surface area is 96.2 Å². The second kappa shape index (κ2) is 4.00. The van der Waals surface area contributed by atoms with Gasteiger partial charge in [-0.25, -0.2) is 0 Å². The summed E-state index contributed by atoms with van der Waals surface area (Å²) in [7, 11) is 0. The maximum atomic E-state index is 11.1. The van der Waals surface area contributed by atoms with Crippen LogP contribution < -0.4 is 0 Å². The number of carbonyl (C=O) groups is 1. The van der Waals surface area contributed by atoms with Crippen molar-refractivity contribution in [2.75, 3.05) is 19.6 Å². The Balaban J connectivity index is 1.62. The molecule has 2 heterocycles. The summed E-state index contributed by atoms with van der Waals surface area (Å²) in [6.07, 6.45) is 5.77. The van der Waals surface area contributed by atoms with E-state index in [0.29, 0.717) is 6.04 Å². The first kappa shape index (κ1) is 10.5. The predicted octanol–water partition coefficient (Wildman–Crippen LogP) is 0.772. The summed E-state index contributed by atoms with van der Waals surface area (Å²) in [5.41, 5.74) is 0. The SMILES string of the molecule is O=C(O)C1CCCN1C1CCN(C2CC2)C1. The molecule has 3 fully saturated rings. The van der Waals surface area contributed by atoms with Crippen LogP contribution in [0.2, 0.25) is 0 Å². The molecule has 0 radical (unpaired) electrons. The highest BCUT2D eigenvalue weighted by Crippen LogP contribution is 2.33. The van der Waals surface area contributed by atoms with Gasteiger partial charge in [0.05, 0.1) is 0 Å². The number of aliphatic carboxylic acids is 1. The van der Waals surface area contributed by atoms with Gasteiger partial charge in [-0.2, -0.15) is 0 Å². The molecule has 0 aromatic rings. The summed E-state index contributed by atoms with van der Waals surface area (Å²) >= 11 is 0. The molecule has 1 saturated carbocycles. The maximum absolute atomic E-state index is 11.1. The second-order valence-corrected chi connectivity index (χ2v) is 5.40. The Hall–Kier alpha value is -0.610. The molecule has 0 spiro atoms. The average Bonchev–Trinajstić information content (AvgIpc) is 2.83. The molecule has 3 rings (SSSR count). The third-order valence-corrected chi connectivity index (χ3v) is 4.31. The van der Waals surface area contributed by atoms with Gasteiger partial charge in [0.25, 0.3) is 0 Å². The lowest BCUT2D eigenvalue weighted by Gasteiger charge is -2.28. The zero-order chi connectivity index (χ0) is 11.1. The molecule has 1 N–H and O–H groups in total. The van der Waals surface area contributed by atoms with E-state index >= 15 is 0 Å². The van der Waals surface area contributed by atoms with Gasteiger partial charge in [0.1, 0.15) is 6.04 Å². The Kier molecular flexibility index (Phi) is 2.64. The minimum atomic E-state index is -0.623. The Morgan fingerprint density at radius 3 is 2.56 bits per heavy atom. The van der Waals surface area contributed by atoms with Crippen LogP contribution in [0.4, 0.5) is 0 Å². The molecule has 4 nitrogen and oxygen atoms in total. The Morgan fingerprint density at radius 1 is 1.06 bits per heavy atom. The standard InChI is InChI=1S/C12H20N2O2/c15-12(16)11-2-1-6-14(11)10-5-7-13(8-10)9-3-4-9/h9-11H,1-8H2,(H,15,16). The predicted molar refractivity (Wildman–Crippen MR) is 60.4 cm³/mol. The van der Waals surface area contributed by atoms with E-state index in [0.717, 1.165) is 32.0 Å². The van der Waals surface area contributed by atoms with Gasteiger partial charge in [0, 0.05) is 25.2 Å². The first-order valence-corrected chi connectivity index (χ1v) is 6.48. The van der Waals surface area contributed by atoms with Crippen molar-refractivity contribution in [3.05, 3.63) is 0 Å². The van der Waals surface area contributed by atoms with Crippen molar-refractivity contribution in [2.45, 2.75) is 50.2 Å². The van der Waals surface area contributed by atoms with Gasteiger partial charge in [0.15, 0.2) is 0 Å². The van der Waals surface area contributed by atoms with Crippen molar-refractivity contribution >= 4 is 5.97 Å². The molecule has 4 heteroatoms. The van der Waals surface area contributed by atoms with Gasteiger partial charge in [-0.3, -0.25) is 14.6 Å². The molecule has 0 bridgehead atoms. The molecule has 0 aromatic heterocycles. The van der Waals surface area contributed by atoms with Crippen LogP contribution in [-0.4, -0.2) is 58.6 Å². The quantitative estimate of drug-likeness (QED) is 0.769. The Bertz CT molecular complexity index is 291. The molecule has 2 saturated heterocycles. The van der Waals surface area contributed by atoms with Crippen molar-refractivity contribution < 1.29 is 9.90 Å². The molecule has 90 valence electrons. The van der Waals surface area contributed by atoms with E-state index in [9.17, 15) is 9.90 Å². The van der Waals surface area contributed by atoms with E-state index in [1.807, 2.05) is 0 Å². The van der Waals surface area contributed by atoms with Crippen molar-refractivity contribution in [3.8, 4) is 0 Å². The summed E-state index contributed by atoms with van der Waals surface area (Å²) in [4.78, 5) is 15.9. The monoisotopic (exact) mass is 224 g/mol. The van der Waals surface area contributed by atoms with Gasteiger partial charge >= 0.3 is 5.97 Å². The number of hydrogen-bond donors (Lipinski definition) is 1. The minimum absolute atomic E-state index is 0.204. The van der Waals surface area contributed by atoms with E-state index in [2.05, 4.69) is 9.80 Å². The van der Waals surface area contributed by atoms with E-state index in [1.54, 1.807) is 0 Å². The van der Waals surface area contributed by atoms with Gasteiger partial charge in [0.2, 0.25) is 0 Å². The van der Waals surface area contributed by atoms with Crippen LogP contribution in [0.1, 0.15) is 32.1 Å². The fourth-order valence-electron chi connectivity index (χ4n) is 3.30. The van der Waals surface area contributed by atoms with Gasteiger partial charge in [-0.1, -0.05) is 0 Å². The van der Waals surface area contributed by atoms with Crippen LogP contribution in [0.3, 0.4) is 0 Å². The van der Waals surface area contributed by atoms with Crippen molar-refractivity contribution in [1.29, 1.82) is 0 Å². The zero-order valence-electron chi connectivity index (χ0n) is 9.64. The molecular weight excluding hydrogens is 204 g/mol. The van der Waals surface area contributed by atoms with Gasteiger partial charge in [-0.05, 0) is 38.6 Å². The largest absolute Gasteiger partial charge is 0.480 e. The third-order valence-electron chi connectivity index (χ3n) is 4.31. The third kappa shape index (κ3) is 1.84. The summed E-state index contributed by atoms with van der Waals surface area (Å²) in [5.74, 6) is -0.623. The van der Waals surface area contributed by atoms with Crippen molar-refractivity contribution in [2.24, 2.45) is 0 Å². The Morgan fingerprint density at radius 2 is 1.88 bits per heavy atom. The number of hydrogen-bond acceptors (Lipinski definition) is 3.